The first kappa shape index (κ1) is 16.4. The van der Waals surface area contributed by atoms with Gasteiger partial charge in [0, 0.05) is 11.4 Å². The van der Waals surface area contributed by atoms with Crippen molar-refractivity contribution in [3.05, 3.63) is 65.7 Å². The highest BCUT2D eigenvalue weighted by Crippen LogP contribution is 2.17. The predicted octanol–water partition coefficient (Wildman–Crippen LogP) is 3.84. The monoisotopic (exact) mass is 315 g/mol. The van der Waals surface area contributed by atoms with Gasteiger partial charge in [-0.15, -0.1) is 0 Å². The minimum Gasteiger partial charge on any atom is -0.480 e. The summed E-state index contributed by atoms with van der Waals surface area (Å²) in [6.07, 6.45) is 0.961. The molecule has 3 nitrogen and oxygen atoms in total. The fourth-order valence-electron chi connectivity index (χ4n) is 2.13. The van der Waals surface area contributed by atoms with Crippen LogP contribution in [0.25, 0.3) is 0 Å². The molecule has 0 bridgehead atoms. The zero-order chi connectivity index (χ0) is 15.8. The molecule has 116 valence electrons. The van der Waals surface area contributed by atoms with Crippen LogP contribution in [0.5, 0.6) is 0 Å². The van der Waals surface area contributed by atoms with Gasteiger partial charge in [0.2, 0.25) is 0 Å². The number of benzene rings is 2. The minimum atomic E-state index is -0.810. The number of thioether (sulfide) groups is 1. The molecule has 0 aliphatic carbocycles. The maximum absolute atomic E-state index is 11.4. The maximum Gasteiger partial charge on any atom is 0.326 e. The lowest BCUT2D eigenvalue weighted by Crippen LogP contribution is -2.32. The number of anilines is 1. The van der Waals surface area contributed by atoms with Crippen molar-refractivity contribution in [1.29, 1.82) is 0 Å². The van der Waals surface area contributed by atoms with Crippen LogP contribution in [0.1, 0.15) is 11.1 Å². The average molecular weight is 315 g/mol. The van der Waals surface area contributed by atoms with Crippen molar-refractivity contribution in [2.45, 2.75) is 19.4 Å². The van der Waals surface area contributed by atoms with Gasteiger partial charge in [0.15, 0.2) is 0 Å². The molecule has 0 spiro atoms. The molecule has 1 atom stereocenters. The second-order valence-corrected chi connectivity index (χ2v) is 6.31. The van der Waals surface area contributed by atoms with Crippen molar-refractivity contribution in [2.24, 2.45) is 0 Å². The normalized spacial score (nSPS) is 11.9. The zero-order valence-corrected chi connectivity index (χ0v) is 13.5. The minimum absolute atomic E-state index is 0.552. The van der Waals surface area contributed by atoms with E-state index in [0.29, 0.717) is 5.75 Å². The molecule has 2 rings (SSSR count). The Morgan fingerprint density at radius 1 is 1.14 bits per heavy atom. The topological polar surface area (TPSA) is 49.3 Å². The number of nitrogens with one attached hydrogen (secondary N) is 1. The van der Waals surface area contributed by atoms with Crippen LogP contribution in [-0.4, -0.2) is 28.6 Å². The Kier molecular flexibility index (Phi) is 6.34. The number of aryl methyl sites for hydroxylation is 2. The Morgan fingerprint density at radius 2 is 1.82 bits per heavy atom. The first-order chi connectivity index (χ1) is 10.7. The van der Waals surface area contributed by atoms with Gasteiger partial charge in [0.25, 0.3) is 0 Å². The number of para-hydroxylation sites is 1. The lowest BCUT2D eigenvalue weighted by Gasteiger charge is -2.17. The summed E-state index contributed by atoms with van der Waals surface area (Å²) >= 11 is 1.67. The molecule has 0 unspecified atom stereocenters. The Labute approximate surface area is 135 Å². The molecule has 2 N–H and O–H groups in total. The van der Waals surface area contributed by atoms with Crippen LogP contribution in [0.4, 0.5) is 5.69 Å². The first-order valence-corrected chi connectivity index (χ1v) is 8.49. The molecule has 0 fully saturated rings. The van der Waals surface area contributed by atoms with E-state index in [2.05, 4.69) is 17.4 Å². The molecular formula is C18H21NO2S. The molecule has 0 radical (unpaired) electrons. The molecule has 0 saturated heterocycles. The van der Waals surface area contributed by atoms with Gasteiger partial charge in [-0.1, -0.05) is 48.5 Å². The highest BCUT2D eigenvalue weighted by molar-refractivity contribution is 7.99. The van der Waals surface area contributed by atoms with Gasteiger partial charge < -0.3 is 10.4 Å². The summed E-state index contributed by atoms with van der Waals surface area (Å²) in [5.74, 6) is 0.662. The van der Waals surface area contributed by atoms with Crippen molar-refractivity contribution in [3.63, 3.8) is 0 Å². The predicted molar refractivity (Wildman–Crippen MR) is 93.7 cm³/mol. The van der Waals surface area contributed by atoms with E-state index in [1.165, 1.54) is 5.56 Å². The zero-order valence-electron chi connectivity index (χ0n) is 12.7. The van der Waals surface area contributed by atoms with Gasteiger partial charge in [-0.2, -0.15) is 11.8 Å². The fraction of sp³-hybridized carbons (Fsp3) is 0.278. The van der Waals surface area contributed by atoms with Crippen molar-refractivity contribution in [1.82, 2.24) is 0 Å². The quantitative estimate of drug-likeness (QED) is 0.727. The van der Waals surface area contributed by atoms with E-state index in [9.17, 15) is 9.90 Å². The average Bonchev–Trinajstić information content (AvgIpc) is 2.53. The second-order valence-electron chi connectivity index (χ2n) is 5.16. The lowest BCUT2D eigenvalue weighted by molar-refractivity contribution is -0.137. The standard InChI is InChI=1S/C18H21NO2S/c1-14-7-5-6-10-16(14)19-17(18(20)21)13-22-12-11-15-8-3-2-4-9-15/h2-10,17,19H,11-13H2,1H3,(H,20,21)/t17-/m0/s1. The Bertz CT molecular complexity index is 601. The van der Waals surface area contributed by atoms with Gasteiger partial charge >= 0.3 is 5.97 Å². The Balaban J connectivity index is 1.82. The van der Waals surface area contributed by atoms with Gasteiger partial charge in [0.1, 0.15) is 6.04 Å². The van der Waals surface area contributed by atoms with E-state index in [1.807, 2.05) is 49.4 Å². The number of hydrogen-bond acceptors (Lipinski definition) is 3. The van der Waals surface area contributed by atoms with Crippen molar-refractivity contribution in [3.8, 4) is 0 Å². The number of carboxylic acid groups (broad SMARTS) is 1. The second kappa shape index (κ2) is 8.49. The van der Waals surface area contributed by atoms with Crippen molar-refractivity contribution in [2.75, 3.05) is 16.8 Å². The summed E-state index contributed by atoms with van der Waals surface area (Å²) in [5, 5.41) is 12.5. The molecule has 2 aromatic carbocycles. The summed E-state index contributed by atoms with van der Waals surface area (Å²) in [6, 6.07) is 17.4. The lowest BCUT2D eigenvalue weighted by atomic mass is 10.2. The molecule has 22 heavy (non-hydrogen) atoms. The summed E-state index contributed by atoms with van der Waals surface area (Å²) in [5.41, 5.74) is 3.23. The van der Waals surface area contributed by atoms with E-state index in [0.717, 1.165) is 23.4 Å². The van der Waals surface area contributed by atoms with Gasteiger partial charge in [-0.3, -0.25) is 0 Å². The number of carbonyl (C=O) groups is 1. The maximum atomic E-state index is 11.4. The summed E-state index contributed by atoms with van der Waals surface area (Å²) < 4.78 is 0. The third kappa shape index (κ3) is 5.11. The van der Waals surface area contributed by atoms with E-state index in [-0.39, 0.29) is 0 Å². The molecule has 4 heteroatoms. The number of rotatable bonds is 8. The van der Waals surface area contributed by atoms with Crippen LogP contribution in [0, 0.1) is 6.92 Å². The summed E-state index contributed by atoms with van der Waals surface area (Å²) in [6.45, 7) is 1.98. The SMILES string of the molecule is Cc1ccccc1N[C@@H](CSCCc1ccccc1)C(=O)O. The van der Waals surface area contributed by atoms with E-state index in [4.69, 9.17) is 0 Å². The third-order valence-electron chi connectivity index (χ3n) is 3.44. The Hall–Kier alpha value is -1.94. The third-order valence-corrected chi connectivity index (χ3v) is 4.50. The fourth-order valence-corrected chi connectivity index (χ4v) is 3.14. The van der Waals surface area contributed by atoms with Gasteiger partial charge in [-0.05, 0) is 36.3 Å². The summed E-state index contributed by atoms with van der Waals surface area (Å²) in [7, 11) is 0. The van der Waals surface area contributed by atoms with Gasteiger partial charge in [0.05, 0.1) is 0 Å². The van der Waals surface area contributed by atoms with E-state index >= 15 is 0 Å². The molecular weight excluding hydrogens is 294 g/mol. The largest absolute Gasteiger partial charge is 0.480 e. The van der Waals surface area contributed by atoms with Crippen LogP contribution in [0.2, 0.25) is 0 Å². The summed E-state index contributed by atoms with van der Waals surface area (Å²) in [4.78, 5) is 11.4. The molecule has 0 aliphatic rings. The number of carboxylic acids is 1. The molecule has 2 aromatic rings. The first-order valence-electron chi connectivity index (χ1n) is 7.33. The molecule has 0 saturated carbocycles. The molecule has 0 aliphatic heterocycles. The van der Waals surface area contributed by atoms with E-state index < -0.39 is 12.0 Å². The van der Waals surface area contributed by atoms with Crippen molar-refractivity contribution < 1.29 is 9.90 Å². The van der Waals surface area contributed by atoms with Crippen LogP contribution in [0.15, 0.2) is 54.6 Å². The highest BCUT2D eigenvalue weighted by Gasteiger charge is 2.17. The van der Waals surface area contributed by atoms with E-state index in [1.54, 1.807) is 11.8 Å². The smallest absolute Gasteiger partial charge is 0.326 e. The number of aliphatic carboxylic acids is 1. The molecule has 0 amide bonds. The highest BCUT2D eigenvalue weighted by atomic mass is 32.2. The molecule has 0 aromatic heterocycles. The Morgan fingerprint density at radius 3 is 2.50 bits per heavy atom. The number of hydrogen-bond donors (Lipinski definition) is 2. The molecule has 0 heterocycles. The van der Waals surface area contributed by atoms with Gasteiger partial charge in [-0.25, -0.2) is 4.79 Å². The van der Waals surface area contributed by atoms with Crippen LogP contribution in [-0.2, 0) is 11.2 Å². The van der Waals surface area contributed by atoms with Crippen LogP contribution < -0.4 is 5.32 Å². The van der Waals surface area contributed by atoms with Crippen LogP contribution >= 0.6 is 11.8 Å². The van der Waals surface area contributed by atoms with Crippen LogP contribution in [0.3, 0.4) is 0 Å². The van der Waals surface area contributed by atoms with Crippen molar-refractivity contribution >= 4 is 23.4 Å².